The van der Waals surface area contributed by atoms with Gasteiger partial charge in [0.05, 0.1) is 11.4 Å². The third-order valence-corrected chi connectivity index (χ3v) is 3.96. The van der Waals surface area contributed by atoms with Crippen molar-refractivity contribution in [2.45, 2.75) is 26.7 Å². The summed E-state index contributed by atoms with van der Waals surface area (Å²) >= 11 is 0. The lowest BCUT2D eigenvalue weighted by Gasteiger charge is -2.30. The number of hydrogen-bond acceptors (Lipinski definition) is 4. The standard InChI is InChI=1S/C16H20N4/c1-12-6-10-20(11-7-12)16-18-9-5-14(19-16)15-13(2)4-3-8-17-15/h3-5,8-9,12H,6-7,10-11H2,1-2H3. The van der Waals surface area contributed by atoms with Gasteiger partial charge in [0.25, 0.3) is 0 Å². The lowest BCUT2D eigenvalue weighted by Crippen LogP contribution is -2.34. The van der Waals surface area contributed by atoms with Gasteiger partial charge in [-0.2, -0.15) is 0 Å². The average Bonchev–Trinajstić information content (AvgIpc) is 2.49. The van der Waals surface area contributed by atoms with E-state index in [9.17, 15) is 0 Å². The van der Waals surface area contributed by atoms with Gasteiger partial charge in [-0.25, -0.2) is 9.97 Å². The number of aromatic nitrogens is 3. The molecule has 0 unspecified atom stereocenters. The van der Waals surface area contributed by atoms with Crippen molar-refractivity contribution in [2.24, 2.45) is 5.92 Å². The van der Waals surface area contributed by atoms with Crippen LogP contribution in [0.3, 0.4) is 0 Å². The Labute approximate surface area is 119 Å². The molecule has 3 heterocycles. The van der Waals surface area contributed by atoms with Gasteiger partial charge in [0.1, 0.15) is 0 Å². The first-order chi connectivity index (χ1) is 9.74. The Morgan fingerprint density at radius 3 is 2.65 bits per heavy atom. The Morgan fingerprint density at radius 2 is 1.90 bits per heavy atom. The largest absolute Gasteiger partial charge is 0.341 e. The first-order valence-electron chi connectivity index (χ1n) is 7.24. The fourth-order valence-electron chi connectivity index (χ4n) is 2.60. The molecule has 1 fully saturated rings. The van der Waals surface area contributed by atoms with E-state index in [4.69, 9.17) is 4.98 Å². The van der Waals surface area contributed by atoms with Gasteiger partial charge >= 0.3 is 0 Å². The molecule has 0 bridgehead atoms. The monoisotopic (exact) mass is 268 g/mol. The molecule has 1 aliphatic rings. The lowest BCUT2D eigenvalue weighted by molar-refractivity contribution is 0.434. The Hall–Kier alpha value is -1.97. The number of rotatable bonds is 2. The maximum absolute atomic E-state index is 4.70. The summed E-state index contributed by atoms with van der Waals surface area (Å²) in [6.07, 6.45) is 6.09. The third kappa shape index (κ3) is 2.64. The summed E-state index contributed by atoms with van der Waals surface area (Å²) in [4.78, 5) is 15.9. The van der Waals surface area contributed by atoms with Crippen LogP contribution in [-0.2, 0) is 0 Å². The van der Waals surface area contributed by atoms with Crippen molar-refractivity contribution in [2.75, 3.05) is 18.0 Å². The lowest BCUT2D eigenvalue weighted by atomic mass is 10.00. The van der Waals surface area contributed by atoms with Gasteiger partial charge in [0, 0.05) is 25.5 Å². The number of aryl methyl sites for hydroxylation is 1. The van der Waals surface area contributed by atoms with Gasteiger partial charge in [-0.1, -0.05) is 13.0 Å². The van der Waals surface area contributed by atoms with Crippen LogP contribution >= 0.6 is 0 Å². The van der Waals surface area contributed by atoms with E-state index in [0.29, 0.717) is 0 Å². The second-order valence-electron chi connectivity index (χ2n) is 5.58. The maximum Gasteiger partial charge on any atom is 0.225 e. The van der Waals surface area contributed by atoms with Crippen LogP contribution in [0.4, 0.5) is 5.95 Å². The van der Waals surface area contributed by atoms with Crippen molar-refractivity contribution in [1.29, 1.82) is 0 Å². The van der Waals surface area contributed by atoms with Crippen molar-refractivity contribution in [3.63, 3.8) is 0 Å². The van der Waals surface area contributed by atoms with Crippen LogP contribution in [0.1, 0.15) is 25.3 Å². The highest BCUT2D eigenvalue weighted by molar-refractivity contribution is 5.59. The molecule has 3 rings (SSSR count). The van der Waals surface area contributed by atoms with Crippen molar-refractivity contribution in [3.8, 4) is 11.4 Å². The van der Waals surface area contributed by atoms with Crippen LogP contribution in [0.15, 0.2) is 30.6 Å². The second kappa shape index (κ2) is 5.57. The van der Waals surface area contributed by atoms with Crippen LogP contribution in [0.25, 0.3) is 11.4 Å². The quantitative estimate of drug-likeness (QED) is 0.839. The molecule has 0 N–H and O–H groups in total. The SMILES string of the molecule is Cc1cccnc1-c1ccnc(N2CCC(C)CC2)n1. The van der Waals surface area contributed by atoms with Gasteiger partial charge in [-0.3, -0.25) is 4.98 Å². The minimum absolute atomic E-state index is 0.812. The molecule has 2 aromatic heterocycles. The van der Waals surface area contributed by atoms with E-state index in [2.05, 4.69) is 34.8 Å². The molecular weight excluding hydrogens is 248 g/mol. The van der Waals surface area contributed by atoms with Crippen molar-refractivity contribution in [3.05, 3.63) is 36.2 Å². The molecule has 1 aliphatic heterocycles. The first-order valence-corrected chi connectivity index (χ1v) is 7.24. The molecule has 0 amide bonds. The van der Waals surface area contributed by atoms with Gasteiger partial charge < -0.3 is 4.90 Å². The zero-order chi connectivity index (χ0) is 13.9. The molecule has 104 valence electrons. The van der Waals surface area contributed by atoms with Crippen LogP contribution in [0, 0.1) is 12.8 Å². The van der Waals surface area contributed by atoms with Crippen LogP contribution in [-0.4, -0.2) is 28.0 Å². The number of piperidine rings is 1. The number of hydrogen-bond donors (Lipinski definition) is 0. The molecule has 2 aromatic rings. The third-order valence-electron chi connectivity index (χ3n) is 3.96. The van der Waals surface area contributed by atoms with E-state index in [-0.39, 0.29) is 0 Å². The van der Waals surface area contributed by atoms with Gasteiger partial charge in [0.15, 0.2) is 0 Å². The summed E-state index contributed by atoms with van der Waals surface area (Å²) in [5, 5.41) is 0. The Bertz CT molecular complexity index is 589. The van der Waals surface area contributed by atoms with Crippen LogP contribution in [0.5, 0.6) is 0 Å². The van der Waals surface area contributed by atoms with Gasteiger partial charge in [-0.15, -0.1) is 0 Å². The molecular formula is C16H20N4. The van der Waals surface area contributed by atoms with Crippen molar-refractivity contribution in [1.82, 2.24) is 15.0 Å². The molecule has 0 saturated carbocycles. The van der Waals surface area contributed by atoms with Crippen molar-refractivity contribution < 1.29 is 0 Å². The summed E-state index contributed by atoms with van der Waals surface area (Å²) in [6.45, 7) is 6.47. The summed E-state index contributed by atoms with van der Waals surface area (Å²) in [7, 11) is 0. The minimum atomic E-state index is 0.812. The predicted octanol–water partition coefficient (Wildman–Crippen LogP) is 3.08. The number of anilines is 1. The molecule has 0 aliphatic carbocycles. The van der Waals surface area contributed by atoms with Crippen LogP contribution < -0.4 is 4.90 Å². The highest BCUT2D eigenvalue weighted by atomic mass is 15.2. The Morgan fingerprint density at radius 1 is 1.10 bits per heavy atom. The summed E-state index contributed by atoms with van der Waals surface area (Å²) in [6, 6.07) is 5.95. The summed E-state index contributed by atoms with van der Waals surface area (Å²) in [5.74, 6) is 1.65. The molecule has 4 heteroatoms. The number of nitrogens with zero attached hydrogens (tertiary/aromatic N) is 4. The van der Waals surface area contributed by atoms with E-state index in [0.717, 1.165) is 41.9 Å². The first kappa shape index (κ1) is 13.0. The molecule has 1 saturated heterocycles. The Balaban J connectivity index is 1.88. The average molecular weight is 268 g/mol. The van der Waals surface area contributed by atoms with Crippen molar-refractivity contribution >= 4 is 5.95 Å². The van der Waals surface area contributed by atoms with E-state index in [1.165, 1.54) is 12.8 Å². The minimum Gasteiger partial charge on any atom is -0.341 e. The van der Waals surface area contributed by atoms with Gasteiger partial charge in [-0.05, 0) is 43.4 Å². The fourth-order valence-corrected chi connectivity index (χ4v) is 2.60. The zero-order valence-corrected chi connectivity index (χ0v) is 12.1. The van der Waals surface area contributed by atoms with E-state index >= 15 is 0 Å². The molecule has 0 atom stereocenters. The van der Waals surface area contributed by atoms with E-state index < -0.39 is 0 Å². The molecule has 20 heavy (non-hydrogen) atoms. The zero-order valence-electron chi connectivity index (χ0n) is 12.1. The Kier molecular flexibility index (Phi) is 3.63. The smallest absolute Gasteiger partial charge is 0.225 e. The molecule has 0 spiro atoms. The summed E-state index contributed by atoms with van der Waals surface area (Å²) < 4.78 is 0. The van der Waals surface area contributed by atoms with E-state index in [1.807, 2.05) is 24.5 Å². The molecule has 0 radical (unpaired) electrons. The molecule has 0 aromatic carbocycles. The van der Waals surface area contributed by atoms with Crippen LogP contribution in [0.2, 0.25) is 0 Å². The number of pyridine rings is 1. The molecule has 4 nitrogen and oxygen atoms in total. The van der Waals surface area contributed by atoms with Gasteiger partial charge in [0.2, 0.25) is 5.95 Å². The normalized spacial score (nSPS) is 16.4. The fraction of sp³-hybridized carbons (Fsp3) is 0.438. The second-order valence-corrected chi connectivity index (χ2v) is 5.58. The van der Waals surface area contributed by atoms with E-state index in [1.54, 1.807) is 0 Å². The highest BCUT2D eigenvalue weighted by Gasteiger charge is 2.18. The summed E-state index contributed by atoms with van der Waals surface area (Å²) in [5.41, 5.74) is 3.00. The maximum atomic E-state index is 4.70. The topological polar surface area (TPSA) is 41.9 Å². The highest BCUT2D eigenvalue weighted by Crippen LogP contribution is 2.23. The predicted molar refractivity (Wildman–Crippen MR) is 80.6 cm³/mol.